The summed E-state index contributed by atoms with van der Waals surface area (Å²) in [4.78, 5) is 15.2. The van der Waals surface area contributed by atoms with Crippen molar-refractivity contribution in [1.82, 2.24) is 15.0 Å². The third kappa shape index (κ3) is 5.56. The maximum Gasteiger partial charge on any atom is 0.164 e. The van der Waals surface area contributed by atoms with Crippen LogP contribution in [0.1, 0.15) is 0 Å². The number of benzene rings is 8. The predicted octanol–water partition coefficient (Wildman–Crippen LogP) is 14.1. The molecule has 11 aromatic rings. The minimum absolute atomic E-state index is 0.597. The molecule has 3 aromatic heterocycles. The average Bonchev–Trinajstić information content (AvgIpc) is 3.85. The fraction of sp³-hybridized carbons (Fsp3) is 0. The van der Waals surface area contributed by atoms with Gasteiger partial charge in [0.1, 0.15) is 11.2 Å². The fourth-order valence-electron chi connectivity index (χ4n) is 7.79. The van der Waals surface area contributed by atoms with Crippen LogP contribution < -0.4 is 0 Å². The van der Waals surface area contributed by atoms with Gasteiger partial charge in [0.2, 0.25) is 0 Å². The smallest absolute Gasteiger partial charge is 0.164 e. The van der Waals surface area contributed by atoms with E-state index in [-0.39, 0.29) is 0 Å². The molecular weight excluding hydrogens is 703 g/mol. The van der Waals surface area contributed by atoms with Crippen LogP contribution in [0, 0.1) is 0 Å². The Kier molecular flexibility index (Phi) is 7.64. The number of thiophene rings is 1. The molecule has 0 N–H and O–H groups in total. The molecule has 0 unspecified atom stereocenters. The van der Waals surface area contributed by atoms with Crippen LogP contribution in [0.25, 0.3) is 110 Å². The number of nitrogens with zero attached hydrogens (tertiary/aromatic N) is 3. The van der Waals surface area contributed by atoms with E-state index in [1.807, 2.05) is 59.9 Å². The Bertz CT molecular complexity index is 3220. The predicted molar refractivity (Wildman–Crippen MR) is 233 cm³/mol. The van der Waals surface area contributed by atoms with Gasteiger partial charge in [0, 0.05) is 53.2 Å². The molecular formula is C51H31N3OS. The van der Waals surface area contributed by atoms with Crippen LogP contribution in [-0.2, 0) is 0 Å². The Morgan fingerprint density at radius 1 is 0.339 bits per heavy atom. The van der Waals surface area contributed by atoms with Gasteiger partial charge in [0.05, 0.1) is 0 Å². The maximum absolute atomic E-state index is 6.71. The summed E-state index contributed by atoms with van der Waals surface area (Å²) in [5.74, 6) is 1.83. The van der Waals surface area contributed by atoms with Gasteiger partial charge in [-0.3, -0.25) is 0 Å². The van der Waals surface area contributed by atoms with Gasteiger partial charge in [-0.2, -0.15) is 0 Å². The fourth-order valence-corrected chi connectivity index (χ4v) is 8.88. The Morgan fingerprint density at radius 3 is 1.62 bits per heavy atom. The third-order valence-corrected chi connectivity index (χ3v) is 11.7. The van der Waals surface area contributed by atoms with Crippen molar-refractivity contribution in [3.8, 4) is 67.5 Å². The van der Waals surface area contributed by atoms with E-state index in [1.165, 1.54) is 36.9 Å². The van der Waals surface area contributed by atoms with Gasteiger partial charge >= 0.3 is 0 Å². The van der Waals surface area contributed by atoms with Crippen LogP contribution >= 0.6 is 11.3 Å². The van der Waals surface area contributed by atoms with Gasteiger partial charge in [-0.15, -0.1) is 11.3 Å². The highest BCUT2D eigenvalue weighted by atomic mass is 32.1. The number of hydrogen-bond donors (Lipinski definition) is 0. The Morgan fingerprint density at radius 2 is 0.857 bits per heavy atom. The van der Waals surface area contributed by atoms with E-state index in [0.29, 0.717) is 17.5 Å². The van der Waals surface area contributed by atoms with Gasteiger partial charge in [-0.1, -0.05) is 164 Å². The number of furan rings is 1. The molecule has 4 nitrogen and oxygen atoms in total. The summed E-state index contributed by atoms with van der Waals surface area (Å²) in [6.45, 7) is 0. The first-order chi connectivity index (χ1) is 27.7. The second-order valence-electron chi connectivity index (χ2n) is 14.0. The summed E-state index contributed by atoms with van der Waals surface area (Å²) in [5.41, 5.74) is 11.2. The van der Waals surface area contributed by atoms with Crippen LogP contribution in [0.2, 0.25) is 0 Å². The summed E-state index contributed by atoms with van der Waals surface area (Å²) in [6.07, 6.45) is 0. The van der Waals surface area contributed by atoms with Crippen molar-refractivity contribution in [3.63, 3.8) is 0 Å². The molecule has 0 bridgehead atoms. The largest absolute Gasteiger partial charge is 0.455 e. The van der Waals surface area contributed by atoms with Crippen LogP contribution in [-0.4, -0.2) is 15.0 Å². The molecule has 0 spiro atoms. The standard InChI is InChI=1S/C51H31N3OS/c1-3-11-32(12-4-1)33-23-27-37(28-24-33)50-52-49(36-13-5-2-6-14-36)53-51(54-50)42-18-10-19-44-47(42)41-17-9-16-39(48(41)55-44)35-25-21-34(22-26-35)38-29-30-46-43(31-38)40-15-7-8-20-45(40)56-46/h1-31H. The number of rotatable bonds is 6. The molecule has 5 heteroatoms. The van der Waals surface area contributed by atoms with Crippen LogP contribution in [0.4, 0.5) is 0 Å². The molecule has 0 fully saturated rings. The van der Waals surface area contributed by atoms with E-state index < -0.39 is 0 Å². The average molecular weight is 734 g/mol. The van der Waals surface area contributed by atoms with Gasteiger partial charge in [0.15, 0.2) is 17.5 Å². The van der Waals surface area contributed by atoms with Crippen LogP contribution in [0.3, 0.4) is 0 Å². The molecule has 0 amide bonds. The van der Waals surface area contributed by atoms with Crippen molar-refractivity contribution in [2.75, 3.05) is 0 Å². The number of aromatic nitrogens is 3. The lowest BCUT2D eigenvalue weighted by Crippen LogP contribution is -2.00. The summed E-state index contributed by atoms with van der Waals surface area (Å²) < 4.78 is 9.34. The zero-order chi connectivity index (χ0) is 37.0. The van der Waals surface area contributed by atoms with E-state index in [2.05, 4.69) is 140 Å². The molecule has 3 heterocycles. The van der Waals surface area contributed by atoms with E-state index in [4.69, 9.17) is 19.4 Å². The summed E-state index contributed by atoms with van der Waals surface area (Å²) >= 11 is 1.84. The topological polar surface area (TPSA) is 51.8 Å². The van der Waals surface area contributed by atoms with Crippen molar-refractivity contribution in [1.29, 1.82) is 0 Å². The highest BCUT2D eigenvalue weighted by molar-refractivity contribution is 7.25. The maximum atomic E-state index is 6.71. The second-order valence-corrected chi connectivity index (χ2v) is 15.0. The molecule has 0 atom stereocenters. The SMILES string of the molecule is c1ccc(-c2ccc(-c3nc(-c4ccccc4)nc(-c4cccc5oc6c(-c7ccc(-c8ccc9sc%10ccccc%10c9c8)cc7)cccc6c45)n3)cc2)cc1. The van der Waals surface area contributed by atoms with Gasteiger partial charge in [-0.05, 0) is 52.1 Å². The molecule has 0 aliphatic rings. The molecule has 262 valence electrons. The molecule has 11 rings (SSSR count). The molecule has 0 saturated carbocycles. The van der Waals surface area contributed by atoms with Gasteiger partial charge in [0.25, 0.3) is 0 Å². The van der Waals surface area contributed by atoms with Crippen molar-refractivity contribution in [2.24, 2.45) is 0 Å². The van der Waals surface area contributed by atoms with E-state index in [0.717, 1.165) is 55.3 Å². The molecule has 0 aliphatic heterocycles. The summed E-state index contributed by atoms with van der Waals surface area (Å²) in [7, 11) is 0. The lowest BCUT2D eigenvalue weighted by molar-refractivity contribution is 0.670. The first-order valence-corrected chi connectivity index (χ1v) is 19.5. The third-order valence-electron chi connectivity index (χ3n) is 10.6. The Hall–Kier alpha value is -7.21. The molecule has 0 saturated heterocycles. The second kappa shape index (κ2) is 13.3. The minimum Gasteiger partial charge on any atom is -0.455 e. The van der Waals surface area contributed by atoms with E-state index in [9.17, 15) is 0 Å². The Balaban J connectivity index is 1.00. The van der Waals surface area contributed by atoms with Crippen LogP contribution in [0.5, 0.6) is 0 Å². The summed E-state index contributed by atoms with van der Waals surface area (Å²) in [6, 6.07) is 65.6. The lowest BCUT2D eigenvalue weighted by Gasteiger charge is -2.10. The van der Waals surface area contributed by atoms with Crippen molar-refractivity contribution in [2.45, 2.75) is 0 Å². The quantitative estimate of drug-likeness (QED) is 0.171. The number of fused-ring (bicyclic) bond motifs is 6. The molecule has 0 aliphatic carbocycles. The number of para-hydroxylation sites is 1. The van der Waals surface area contributed by atoms with Crippen LogP contribution in [0.15, 0.2) is 192 Å². The van der Waals surface area contributed by atoms with Gasteiger partial charge < -0.3 is 4.42 Å². The van der Waals surface area contributed by atoms with E-state index >= 15 is 0 Å². The zero-order valence-electron chi connectivity index (χ0n) is 30.1. The normalized spacial score (nSPS) is 11.6. The zero-order valence-corrected chi connectivity index (χ0v) is 30.9. The highest BCUT2D eigenvalue weighted by Gasteiger charge is 2.20. The minimum atomic E-state index is 0.597. The van der Waals surface area contributed by atoms with Crippen molar-refractivity contribution in [3.05, 3.63) is 188 Å². The van der Waals surface area contributed by atoms with Crippen molar-refractivity contribution < 1.29 is 4.42 Å². The monoisotopic (exact) mass is 733 g/mol. The first kappa shape index (κ1) is 32.2. The van der Waals surface area contributed by atoms with Gasteiger partial charge in [-0.25, -0.2) is 15.0 Å². The van der Waals surface area contributed by atoms with Crippen molar-refractivity contribution >= 4 is 53.4 Å². The summed E-state index contributed by atoms with van der Waals surface area (Å²) in [5, 5.41) is 4.61. The molecule has 0 radical (unpaired) electrons. The number of hydrogen-bond acceptors (Lipinski definition) is 5. The lowest BCUT2D eigenvalue weighted by atomic mass is 9.97. The molecule has 8 aromatic carbocycles. The molecule has 56 heavy (non-hydrogen) atoms. The highest BCUT2D eigenvalue weighted by Crippen LogP contribution is 2.41. The Labute approximate surface area is 327 Å². The van der Waals surface area contributed by atoms with E-state index in [1.54, 1.807) is 0 Å². The first-order valence-electron chi connectivity index (χ1n) is 18.7.